The molecular formula is C19H25ClN4O. The molecule has 1 unspecified atom stereocenters. The Kier molecular flexibility index (Phi) is 5.16. The van der Waals surface area contributed by atoms with Crippen molar-refractivity contribution < 1.29 is 4.79 Å². The zero-order chi connectivity index (χ0) is 16.7. The van der Waals surface area contributed by atoms with Gasteiger partial charge in [0, 0.05) is 30.9 Å². The molecule has 2 aromatic rings. The van der Waals surface area contributed by atoms with Crippen molar-refractivity contribution in [1.82, 2.24) is 20.0 Å². The largest absolute Gasteiger partial charge is 0.336 e. The Hall–Kier alpha value is -1.85. The lowest BCUT2D eigenvalue weighted by Gasteiger charge is -2.23. The van der Waals surface area contributed by atoms with E-state index in [9.17, 15) is 4.79 Å². The van der Waals surface area contributed by atoms with Gasteiger partial charge in [-0.05, 0) is 51.3 Å². The maximum absolute atomic E-state index is 13.0. The van der Waals surface area contributed by atoms with Crippen LogP contribution in [0.1, 0.15) is 40.2 Å². The zero-order valence-electron chi connectivity index (χ0n) is 14.8. The first-order valence-corrected chi connectivity index (χ1v) is 8.81. The second-order valence-electron chi connectivity index (χ2n) is 6.94. The number of likely N-dealkylation sites (N-methyl/N-ethyl adjacent to an activating group) is 1. The molecular weight excluding hydrogens is 336 g/mol. The molecule has 1 fully saturated rings. The Morgan fingerprint density at radius 2 is 2.04 bits per heavy atom. The summed E-state index contributed by atoms with van der Waals surface area (Å²) in [5.74, 6) is 0.0627. The molecule has 0 radical (unpaired) electrons. The molecule has 1 atom stereocenters. The summed E-state index contributed by atoms with van der Waals surface area (Å²) in [5, 5.41) is 8.06. The molecule has 4 rings (SSSR count). The number of hydrogen-bond acceptors (Lipinski definition) is 3. The third kappa shape index (κ3) is 3.18. The van der Waals surface area contributed by atoms with E-state index in [4.69, 9.17) is 5.10 Å². The number of carbonyl (C=O) groups is 1. The number of aryl methyl sites for hydroxylation is 1. The van der Waals surface area contributed by atoms with Gasteiger partial charge < -0.3 is 10.2 Å². The highest BCUT2D eigenvalue weighted by molar-refractivity contribution is 5.94. The van der Waals surface area contributed by atoms with E-state index in [1.165, 1.54) is 11.3 Å². The van der Waals surface area contributed by atoms with Gasteiger partial charge in [0.25, 0.3) is 5.91 Å². The van der Waals surface area contributed by atoms with E-state index in [1.54, 1.807) is 0 Å². The maximum atomic E-state index is 13.0. The van der Waals surface area contributed by atoms with Crippen molar-refractivity contribution >= 4 is 18.3 Å². The number of aromatic nitrogens is 2. The average Bonchev–Trinajstić information content (AvgIpc) is 3.31. The SMILES string of the molecule is Cc1ccc(-n2nc(C(=O)N(C)C3CCNC3)c3c2CCC3)cc1.Cl. The van der Waals surface area contributed by atoms with E-state index < -0.39 is 0 Å². The molecule has 1 saturated heterocycles. The lowest BCUT2D eigenvalue weighted by Crippen LogP contribution is -2.39. The standard InChI is InChI=1S/C19H24N4O.ClH/c1-13-6-8-14(9-7-13)23-17-5-3-4-16(17)18(21-23)19(24)22(2)15-10-11-20-12-15;/h6-9,15,20H,3-5,10-12H2,1-2H3;1H. The Bertz CT molecular complexity index is 762. The quantitative estimate of drug-likeness (QED) is 0.915. The second kappa shape index (κ2) is 7.18. The van der Waals surface area contributed by atoms with E-state index >= 15 is 0 Å². The van der Waals surface area contributed by atoms with Crippen molar-refractivity contribution in [3.05, 3.63) is 46.8 Å². The molecule has 1 aromatic carbocycles. The number of halogens is 1. The predicted molar refractivity (Wildman–Crippen MR) is 101 cm³/mol. The van der Waals surface area contributed by atoms with Gasteiger partial charge in [-0.1, -0.05) is 17.7 Å². The van der Waals surface area contributed by atoms with Crippen molar-refractivity contribution in [2.45, 2.75) is 38.6 Å². The molecule has 1 aliphatic carbocycles. The summed E-state index contributed by atoms with van der Waals surface area (Å²) in [6.07, 6.45) is 4.08. The number of amides is 1. The monoisotopic (exact) mass is 360 g/mol. The number of benzene rings is 1. The summed E-state index contributed by atoms with van der Waals surface area (Å²) < 4.78 is 1.98. The van der Waals surface area contributed by atoms with Gasteiger partial charge in [0.1, 0.15) is 0 Å². The molecule has 5 nitrogen and oxygen atoms in total. The van der Waals surface area contributed by atoms with Gasteiger partial charge in [-0.25, -0.2) is 4.68 Å². The van der Waals surface area contributed by atoms with Gasteiger partial charge >= 0.3 is 0 Å². The summed E-state index contributed by atoms with van der Waals surface area (Å²) in [6.45, 7) is 3.94. The van der Waals surface area contributed by atoms with Gasteiger partial charge in [-0.15, -0.1) is 12.4 Å². The van der Waals surface area contributed by atoms with Crippen LogP contribution in [0.25, 0.3) is 5.69 Å². The third-order valence-electron chi connectivity index (χ3n) is 5.31. The van der Waals surface area contributed by atoms with Crippen LogP contribution in [-0.4, -0.2) is 46.8 Å². The predicted octanol–water partition coefficient (Wildman–Crippen LogP) is 2.53. The first-order chi connectivity index (χ1) is 11.6. The highest BCUT2D eigenvalue weighted by Gasteiger charge is 2.31. The molecule has 1 aromatic heterocycles. The Balaban J connectivity index is 0.00000182. The second-order valence-corrected chi connectivity index (χ2v) is 6.94. The minimum Gasteiger partial charge on any atom is -0.336 e. The van der Waals surface area contributed by atoms with Crippen LogP contribution in [0.2, 0.25) is 0 Å². The highest BCUT2D eigenvalue weighted by Crippen LogP contribution is 2.29. The third-order valence-corrected chi connectivity index (χ3v) is 5.31. The number of nitrogens with one attached hydrogen (secondary N) is 1. The molecule has 1 aliphatic heterocycles. The van der Waals surface area contributed by atoms with Gasteiger partial charge in [0.15, 0.2) is 5.69 Å². The Morgan fingerprint density at radius 1 is 1.28 bits per heavy atom. The zero-order valence-corrected chi connectivity index (χ0v) is 15.6. The summed E-state index contributed by atoms with van der Waals surface area (Å²) in [5.41, 5.74) is 5.28. The van der Waals surface area contributed by atoms with Crippen LogP contribution in [0.3, 0.4) is 0 Å². The number of fused-ring (bicyclic) bond motifs is 1. The van der Waals surface area contributed by atoms with Gasteiger partial charge in [0.05, 0.1) is 5.69 Å². The number of nitrogens with zero attached hydrogens (tertiary/aromatic N) is 3. The topological polar surface area (TPSA) is 50.2 Å². The lowest BCUT2D eigenvalue weighted by atomic mass is 10.1. The maximum Gasteiger partial charge on any atom is 0.274 e. The number of carbonyl (C=O) groups excluding carboxylic acids is 1. The fraction of sp³-hybridized carbons (Fsp3) is 0.474. The minimum atomic E-state index is 0. The molecule has 2 heterocycles. The van der Waals surface area contributed by atoms with E-state index in [1.807, 2.05) is 16.6 Å². The normalized spacial score (nSPS) is 18.7. The van der Waals surface area contributed by atoms with E-state index in [-0.39, 0.29) is 24.4 Å². The van der Waals surface area contributed by atoms with E-state index in [0.717, 1.165) is 50.0 Å². The van der Waals surface area contributed by atoms with Gasteiger partial charge in [-0.3, -0.25) is 4.79 Å². The molecule has 134 valence electrons. The lowest BCUT2D eigenvalue weighted by molar-refractivity contribution is 0.0736. The molecule has 0 bridgehead atoms. The average molecular weight is 361 g/mol. The molecule has 0 saturated carbocycles. The summed E-state index contributed by atoms with van der Waals surface area (Å²) >= 11 is 0. The Labute approximate surface area is 154 Å². The minimum absolute atomic E-state index is 0. The first kappa shape index (κ1) is 18.0. The van der Waals surface area contributed by atoms with Crippen LogP contribution >= 0.6 is 12.4 Å². The molecule has 1 amide bonds. The van der Waals surface area contributed by atoms with Crippen molar-refractivity contribution in [2.24, 2.45) is 0 Å². The van der Waals surface area contributed by atoms with Crippen molar-refractivity contribution in [3.8, 4) is 5.69 Å². The van der Waals surface area contributed by atoms with Crippen molar-refractivity contribution in [3.63, 3.8) is 0 Å². The van der Waals surface area contributed by atoms with Gasteiger partial charge in [0.2, 0.25) is 0 Å². The summed E-state index contributed by atoms with van der Waals surface area (Å²) in [6, 6.07) is 8.63. The first-order valence-electron chi connectivity index (χ1n) is 8.81. The van der Waals surface area contributed by atoms with Crippen LogP contribution < -0.4 is 5.32 Å². The van der Waals surface area contributed by atoms with Crippen molar-refractivity contribution in [2.75, 3.05) is 20.1 Å². The molecule has 25 heavy (non-hydrogen) atoms. The number of hydrogen-bond donors (Lipinski definition) is 1. The van der Waals surface area contributed by atoms with Gasteiger partial charge in [-0.2, -0.15) is 5.10 Å². The molecule has 6 heteroatoms. The highest BCUT2D eigenvalue weighted by atomic mass is 35.5. The molecule has 2 aliphatic rings. The van der Waals surface area contributed by atoms with Crippen molar-refractivity contribution in [1.29, 1.82) is 0 Å². The van der Waals surface area contributed by atoms with Crippen LogP contribution in [0.15, 0.2) is 24.3 Å². The Morgan fingerprint density at radius 3 is 2.72 bits per heavy atom. The molecule has 1 N–H and O–H groups in total. The van der Waals surface area contributed by atoms with Crippen LogP contribution in [0.4, 0.5) is 0 Å². The van der Waals surface area contributed by atoms with Crippen LogP contribution in [0, 0.1) is 6.92 Å². The fourth-order valence-corrected chi connectivity index (χ4v) is 3.81. The smallest absolute Gasteiger partial charge is 0.274 e. The van der Waals surface area contributed by atoms with Crippen LogP contribution in [-0.2, 0) is 12.8 Å². The molecule has 0 spiro atoms. The summed E-state index contributed by atoms with van der Waals surface area (Å²) in [7, 11) is 1.91. The van der Waals surface area contributed by atoms with E-state index in [2.05, 4.69) is 36.5 Å². The number of rotatable bonds is 3. The summed E-state index contributed by atoms with van der Waals surface area (Å²) in [4.78, 5) is 14.9. The van der Waals surface area contributed by atoms with E-state index in [0.29, 0.717) is 5.69 Å². The fourth-order valence-electron chi connectivity index (χ4n) is 3.81. The van der Waals surface area contributed by atoms with Crippen LogP contribution in [0.5, 0.6) is 0 Å².